The average molecular weight is 290 g/mol. The lowest BCUT2D eigenvalue weighted by Gasteiger charge is -2.08. The third-order valence-electron chi connectivity index (χ3n) is 2.99. The van der Waals surface area contributed by atoms with Crippen molar-refractivity contribution >= 4 is 23.2 Å². The molecule has 4 heteroatoms. The molecule has 0 saturated carbocycles. The minimum atomic E-state index is -0.323. The average Bonchev–Trinajstić information content (AvgIpc) is 2.44. The summed E-state index contributed by atoms with van der Waals surface area (Å²) in [5, 5.41) is 12.5. The number of alkyl halides is 1. The number of hydrogen-bond acceptors (Lipinski definition) is 2. The van der Waals surface area contributed by atoms with Crippen LogP contribution in [0.1, 0.15) is 21.5 Å². The zero-order valence-electron chi connectivity index (χ0n) is 11.2. The van der Waals surface area contributed by atoms with Crippen LogP contribution >= 0.6 is 11.6 Å². The molecule has 0 aliphatic rings. The number of aromatic hydroxyl groups is 1. The molecular weight excluding hydrogens is 274 g/mol. The first-order valence-electron chi connectivity index (χ1n) is 6.36. The van der Waals surface area contributed by atoms with Gasteiger partial charge < -0.3 is 10.4 Å². The SMILES string of the molecule is Cc1ccc(O)c(C(=O)Nc2ccc(CCCl)cc2)c1. The van der Waals surface area contributed by atoms with Gasteiger partial charge in [-0.05, 0) is 43.2 Å². The van der Waals surface area contributed by atoms with Gasteiger partial charge in [0.25, 0.3) is 5.91 Å². The van der Waals surface area contributed by atoms with Crippen LogP contribution in [0.2, 0.25) is 0 Å². The quantitative estimate of drug-likeness (QED) is 0.843. The van der Waals surface area contributed by atoms with Crippen LogP contribution in [0.5, 0.6) is 5.75 Å². The lowest BCUT2D eigenvalue weighted by molar-refractivity contribution is 0.102. The first-order chi connectivity index (χ1) is 9.60. The smallest absolute Gasteiger partial charge is 0.259 e. The van der Waals surface area contributed by atoms with E-state index >= 15 is 0 Å². The molecule has 0 bridgehead atoms. The highest BCUT2D eigenvalue weighted by molar-refractivity contribution is 6.18. The standard InChI is InChI=1S/C16H16ClNO2/c1-11-2-7-15(19)14(10-11)16(20)18-13-5-3-12(4-6-13)8-9-17/h2-7,10,19H,8-9H2,1H3,(H,18,20). The molecule has 0 heterocycles. The van der Waals surface area contributed by atoms with E-state index in [4.69, 9.17) is 11.6 Å². The van der Waals surface area contributed by atoms with E-state index < -0.39 is 0 Å². The van der Waals surface area contributed by atoms with Gasteiger partial charge in [0.15, 0.2) is 0 Å². The van der Waals surface area contributed by atoms with Crippen molar-refractivity contribution in [3.05, 3.63) is 59.2 Å². The number of phenols is 1. The van der Waals surface area contributed by atoms with Gasteiger partial charge in [-0.2, -0.15) is 0 Å². The van der Waals surface area contributed by atoms with Gasteiger partial charge in [0.05, 0.1) is 5.56 Å². The Morgan fingerprint density at radius 1 is 1.20 bits per heavy atom. The van der Waals surface area contributed by atoms with E-state index in [1.54, 1.807) is 12.1 Å². The third kappa shape index (κ3) is 3.52. The fraction of sp³-hybridized carbons (Fsp3) is 0.188. The van der Waals surface area contributed by atoms with Crippen molar-refractivity contribution in [2.24, 2.45) is 0 Å². The normalized spacial score (nSPS) is 10.3. The fourth-order valence-electron chi connectivity index (χ4n) is 1.89. The van der Waals surface area contributed by atoms with E-state index in [0.29, 0.717) is 11.6 Å². The van der Waals surface area contributed by atoms with Crippen LogP contribution in [0.15, 0.2) is 42.5 Å². The minimum absolute atomic E-state index is 0.0214. The molecule has 0 atom stereocenters. The third-order valence-corrected chi connectivity index (χ3v) is 3.18. The molecule has 2 rings (SSSR count). The molecule has 20 heavy (non-hydrogen) atoms. The zero-order valence-corrected chi connectivity index (χ0v) is 11.9. The second kappa shape index (κ2) is 6.44. The molecule has 0 spiro atoms. The fourth-order valence-corrected chi connectivity index (χ4v) is 2.11. The number of halogens is 1. The van der Waals surface area contributed by atoms with Crippen LogP contribution in [0.25, 0.3) is 0 Å². The molecule has 0 radical (unpaired) electrons. The van der Waals surface area contributed by atoms with E-state index in [1.807, 2.05) is 31.2 Å². The second-order valence-corrected chi connectivity index (χ2v) is 4.99. The number of aryl methyl sites for hydroxylation is 2. The summed E-state index contributed by atoms with van der Waals surface area (Å²) in [5.74, 6) is 0.228. The van der Waals surface area contributed by atoms with Gasteiger partial charge in [-0.25, -0.2) is 0 Å². The number of hydrogen-bond donors (Lipinski definition) is 2. The Labute approximate surface area is 123 Å². The van der Waals surface area contributed by atoms with Crippen LogP contribution in [-0.4, -0.2) is 16.9 Å². The molecule has 104 valence electrons. The summed E-state index contributed by atoms with van der Waals surface area (Å²) >= 11 is 5.67. The Balaban J connectivity index is 2.13. The highest BCUT2D eigenvalue weighted by Crippen LogP contribution is 2.20. The number of anilines is 1. The molecule has 2 aromatic rings. The molecule has 2 aromatic carbocycles. The summed E-state index contributed by atoms with van der Waals surface area (Å²) in [5.41, 5.74) is 3.01. The van der Waals surface area contributed by atoms with E-state index in [-0.39, 0.29) is 17.2 Å². The first kappa shape index (κ1) is 14.4. The van der Waals surface area contributed by atoms with Crippen molar-refractivity contribution in [3.8, 4) is 5.75 Å². The van der Waals surface area contributed by atoms with Gasteiger partial charge in [0.1, 0.15) is 5.75 Å². The lowest BCUT2D eigenvalue weighted by atomic mass is 10.1. The topological polar surface area (TPSA) is 49.3 Å². The lowest BCUT2D eigenvalue weighted by Crippen LogP contribution is -2.12. The molecule has 3 nitrogen and oxygen atoms in total. The molecule has 0 aliphatic carbocycles. The molecule has 0 aliphatic heterocycles. The maximum Gasteiger partial charge on any atom is 0.259 e. The molecule has 0 saturated heterocycles. The van der Waals surface area contributed by atoms with Crippen molar-refractivity contribution in [2.75, 3.05) is 11.2 Å². The second-order valence-electron chi connectivity index (χ2n) is 4.61. The molecule has 0 unspecified atom stereocenters. The highest BCUT2D eigenvalue weighted by atomic mass is 35.5. The van der Waals surface area contributed by atoms with Crippen molar-refractivity contribution in [1.29, 1.82) is 0 Å². The molecular formula is C16H16ClNO2. The number of rotatable bonds is 4. The van der Waals surface area contributed by atoms with Crippen LogP contribution < -0.4 is 5.32 Å². The molecule has 0 fully saturated rings. The monoisotopic (exact) mass is 289 g/mol. The number of carbonyl (C=O) groups excluding carboxylic acids is 1. The summed E-state index contributed by atoms with van der Waals surface area (Å²) in [7, 11) is 0. The van der Waals surface area contributed by atoms with E-state index in [0.717, 1.165) is 17.5 Å². The number of phenolic OH excluding ortho intramolecular Hbond substituents is 1. The Kier molecular flexibility index (Phi) is 4.64. The van der Waals surface area contributed by atoms with Gasteiger partial charge in [-0.15, -0.1) is 11.6 Å². The van der Waals surface area contributed by atoms with Gasteiger partial charge in [-0.3, -0.25) is 4.79 Å². The summed E-state index contributed by atoms with van der Waals surface area (Å²) in [4.78, 5) is 12.1. The zero-order chi connectivity index (χ0) is 14.5. The summed E-state index contributed by atoms with van der Waals surface area (Å²) in [6, 6.07) is 12.4. The van der Waals surface area contributed by atoms with Crippen LogP contribution in [0.4, 0.5) is 5.69 Å². The van der Waals surface area contributed by atoms with Gasteiger partial charge in [-0.1, -0.05) is 23.8 Å². The molecule has 0 aromatic heterocycles. The van der Waals surface area contributed by atoms with E-state index in [9.17, 15) is 9.90 Å². The largest absolute Gasteiger partial charge is 0.507 e. The minimum Gasteiger partial charge on any atom is -0.507 e. The predicted molar refractivity (Wildman–Crippen MR) is 81.7 cm³/mol. The Morgan fingerprint density at radius 3 is 2.55 bits per heavy atom. The van der Waals surface area contributed by atoms with Gasteiger partial charge >= 0.3 is 0 Å². The maximum atomic E-state index is 12.1. The number of nitrogens with one attached hydrogen (secondary N) is 1. The Morgan fingerprint density at radius 2 is 1.90 bits per heavy atom. The first-order valence-corrected chi connectivity index (χ1v) is 6.89. The van der Waals surface area contributed by atoms with Crippen molar-refractivity contribution in [2.45, 2.75) is 13.3 Å². The summed E-state index contributed by atoms with van der Waals surface area (Å²) in [6.07, 6.45) is 0.800. The van der Waals surface area contributed by atoms with E-state index in [2.05, 4.69) is 5.32 Å². The predicted octanol–water partition coefficient (Wildman–Crippen LogP) is 3.73. The Bertz CT molecular complexity index is 608. The van der Waals surface area contributed by atoms with E-state index in [1.165, 1.54) is 6.07 Å². The van der Waals surface area contributed by atoms with Crippen molar-refractivity contribution in [3.63, 3.8) is 0 Å². The maximum absolute atomic E-state index is 12.1. The summed E-state index contributed by atoms with van der Waals surface area (Å²) < 4.78 is 0. The Hall–Kier alpha value is -2.00. The van der Waals surface area contributed by atoms with Gasteiger partial charge in [0, 0.05) is 11.6 Å². The van der Waals surface area contributed by atoms with Crippen molar-refractivity contribution in [1.82, 2.24) is 0 Å². The van der Waals surface area contributed by atoms with Crippen molar-refractivity contribution < 1.29 is 9.90 Å². The number of benzene rings is 2. The molecule has 1 amide bonds. The van der Waals surface area contributed by atoms with Crippen LogP contribution in [0, 0.1) is 6.92 Å². The van der Waals surface area contributed by atoms with Gasteiger partial charge in [0.2, 0.25) is 0 Å². The summed E-state index contributed by atoms with van der Waals surface area (Å²) in [6.45, 7) is 1.87. The van der Waals surface area contributed by atoms with Crippen LogP contribution in [-0.2, 0) is 6.42 Å². The number of amides is 1. The molecule has 2 N–H and O–H groups in total. The number of carbonyl (C=O) groups is 1. The van der Waals surface area contributed by atoms with Crippen LogP contribution in [0.3, 0.4) is 0 Å². The highest BCUT2D eigenvalue weighted by Gasteiger charge is 2.11.